The first-order valence-electron chi connectivity index (χ1n) is 8.94. The minimum absolute atomic E-state index is 0.184. The average molecular weight is 501 g/mol. The van der Waals surface area contributed by atoms with E-state index in [1.165, 1.54) is 23.3 Å². The van der Waals surface area contributed by atoms with Gasteiger partial charge >= 0.3 is 5.51 Å². The van der Waals surface area contributed by atoms with Crippen molar-refractivity contribution in [1.29, 1.82) is 0 Å². The molecule has 1 aliphatic rings. The molecule has 0 unspecified atom stereocenters. The first-order valence-corrected chi connectivity index (χ1v) is 11.2. The van der Waals surface area contributed by atoms with Gasteiger partial charge in [0.15, 0.2) is 0 Å². The van der Waals surface area contributed by atoms with E-state index in [0.717, 1.165) is 12.1 Å². The molecule has 0 fully saturated rings. The highest BCUT2D eigenvalue weighted by atomic mass is 35.5. The lowest BCUT2D eigenvalue weighted by atomic mass is 10.2. The third kappa shape index (κ3) is 3.96. The monoisotopic (exact) mass is 500 g/mol. The highest BCUT2D eigenvalue weighted by Crippen LogP contribution is 2.33. The van der Waals surface area contributed by atoms with E-state index in [2.05, 4.69) is 10.5 Å². The number of nitrogens with zero attached hydrogens (tertiary/aromatic N) is 3. The molecule has 2 aromatic carbocycles. The lowest BCUT2D eigenvalue weighted by molar-refractivity contribution is -0.0436. The summed E-state index contributed by atoms with van der Waals surface area (Å²) in [5.41, 5.74) is -0.538. The van der Waals surface area contributed by atoms with Crippen molar-refractivity contribution >= 4 is 44.4 Å². The molecule has 6 nitrogen and oxygen atoms in total. The highest BCUT2D eigenvalue weighted by Gasteiger charge is 2.47. The SMILES string of the molecule is O=S(=O)(c1cccc(N2C=CC=C(c3ccnn3-c3cccc(Cl)c3Cl)N2)c1)C(F)(F)F. The van der Waals surface area contributed by atoms with Gasteiger partial charge in [-0.2, -0.15) is 18.3 Å². The van der Waals surface area contributed by atoms with E-state index in [1.54, 1.807) is 47.3 Å². The summed E-state index contributed by atoms with van der Waals surface area (Å²) in [6, 6.07) is 11.3. The van der Waals surface area contributed by atoms with Crippen LogP contribution in [-0.4, -0.2) is 23.7 Å². The number of hydrazine groups is 1. The predicted molar refractivity (Wildman–Crippen MR) is 116 cm³/mol. The maximum absolute atomic E-state index is 12.9. The van der Waals surface area contributed by atoms with Crippen molar-refractivity contribution < 1.29 is 21.6 Å². The van der Waals surface area contributed by atoms with Crippen molar-refractivity contribution in [3.63, 3.8) is 0 Å². The zero-order valence-electron chi connectivity index (χ0n) is 15.9. The van der Waals surface area contributed by atoms with Crippen LogP contribution < -0.4 is 10.4 Å². The molecular formula is C20H13Cl2F3N4O2S. The molecule has 1 N–H and O–H groups in total. The second kappa shape index (κ2) is 8.19. The van der Waals surface area contributed by atoms with Crippen LogP contribution in [0.4, 0.5) is 18.9 Å². The van der Waals surface area contributed by atoms with Crippen LogP contribution in [0.5, 0.6) is 0 Å². The fraction of sp³-hybridized carbons (Fsp3) is 0.0500. The molecule has 12 heteroatoms. The molecule has 166 valence electrons. The molecule has 0 aliphatic carbocycles. The van der Waals surface area contributed by atoms with Gasteiger partial charge in [0.05, 0.1) is 43.9 Å². The Morgan fingerprint density at radius 2 is 1.78 bits per heavy atom. The fourth-order valence-electron chi connectivity index (χ4n) is 3.01. The average Bonchev–Trinajstić information content (AvgIpc) is 3.25. The van der Waals surface area contributed by atoms with Crippen LogP contribution >= 0.6 is 23.2 Å². The molecule has 0 bridgehead atoms. The third-order valence-corrected chi connectivity index (χ3v) is 6.82. The van der Waals surface area contributed by atoms with Crippen LogP contribution in [0.3, 0.4) is 0 Å². The van der Waals surface area contributed by atoms with Gasteiger partial charge in [0.2, 0.25) is 0 Å². The second-order valence-electron chi connectivity index (χ2n) is 6.55. The number of hydrogen-bond acceptors (Lipinski definition) is 5. The Hall–Kier alpha value is -2.95. The van der Waals surface area contributed by atoms with Gasteiger partial charge < -0.3 is 0 Å². The first kappa shape index (κ1) is 22.3. The lowest BCUT2D eigenvalue weighted by Crippen LogP contribution is -2.34. The van der Waals surface area contributed by atoms with E-state index in [9.17, 15) is 21.6 Å². The number of halogens is 5. The number of aromatic nitrogens is 2. The Kier molecular flexibility index (Phi) is 5.70. The van der Waals surface area contributed by atoms with Gasteiger partial charge in [-0.05, 0) is 48.6 Å². The van der Waals surface area contributed by atoms with Crippen LogP contribution in [0.25, 0.3) is 11.4 Å². The minimum atomic E-state index is -5.48. The summed E-state index contributed by atoms with van der Waals surface area (Å²) in [6.45, 7) is 0. The Bertz CT molecular complexity index is 1350. The fourth-order valence-corrected chi connectivity index (χ4v) is 4.19. The van der Waals surface area contributed by atoms with Crippen LogP contribution in [-0.2, 0) is 9.84 Å². The Morgan fingerprint density at radius 3 is 2.53 bits per heavy atom. The van der Waals surface area contributed by atoms with Gasteiger partial charge in [-0.1, -0.05) is 35.3 Å². The molecule has 0 atom stereocenters. The zero-order valence-corrected chi connectivity index (χ0v) is 18.2. The van der Waals surface area contributed by atoms with Crippen molar-refractivity contribution in [2.45, 2.75) is 10.4 Å². The predicted octanol–water partition coefficient (Wildman–Crippen LogP) is 5.35. The van der Waals surface area contributed by atoms with Crippen molar-refractivity contribution in [1.82, 2.24) is 15.2 Å². The Balaban J connectivity index is 1.67. The zero-order chi connectivity index (χ0) is 23.1. The van der Waals surface area contributed by atoms with Gasteiger partial charge in [0, 0.05) is 6.20 Å². The number of alkyl halides is 3. The summed E-state index contributed by atoms with van der Waals surface area (Å²) in [4.78, 5) is -0.857. The molecule has 0 spiro atoms. The highest BCUT2D eigenvalue weighted by molar-refractivity contribution is 7.92. The first-order chi connectivity index (χ1) is 15.1. The lowest BCUT2D eigenvalue weighted by Gasteiger charge is -2.27. The molecule has 4 rings (SSSR count). The summed E-state index contributed by atoms with van der Waals surface area (Å²) in [6.07, 6.45) is 6.45. The Labute approximate surface area is 191 Å². The second-order valence-corrected chi connectivity index (χ2v) is 9.28. The van der Waals surface area contributed by atoms with Gasteiger partial charge in [-0.25, -0.2) is 13.1 Å². The molecular weight excluding hydrogens is 488 g/mol. The number of nitrogens with one attached hydrogen (secondary N) is 1. The molecule has 32 heavy (non-hydrogen) atoms. The van der Waals surface area contributed by atoms with Gasteiger partial charge in [0.25, 0.3) is 9.84 Å². The van der Waals surface area contributed by atoms with Crippen LogP contribution in [0.15, 0.2) is 78.0 Å². The molecule has 0 radical (unpaired) electrons. The summed E-state index contributed by atoms with van der Waals surface area (Å²) in [7, 11) is -5.48. The summed E-state index contributed by atoms with van der Waals surface area (Å²) in [5.74, 6) is 0. The van der Waals surface area contributed by atoms with Gasteiger partial charge in [-0.15, -0.1) is 0 Å². The van der Waals surface area contributed by atoms with Crippen molar-refractivity contribution in [3.05, 3.63) is 88.8 Å². The molecule has 1 aliphatic heterocycles. The number of rotatable bonds is 4. The molecule has 1 aromatic heterocycles. The van der Waals surface area contributed by atoms with Crippen molar-refractivity contribution in [2.75, 3.05) is 5.01 Å². The quantitative estimate of drug-likeness (QED) is 0.522. The summed E-state index contributed by atoms with van der Waals surface area (Å²) in [5, 5.41) is 6.32. The topological polar surface area (TPSA) is 67.2 Å². The van der Waals surface area contributed by atoms with Crippen LogP contribution in [0, 0.1) is 0 Å². The minimum Gasteiger partial charge on any atom is -0.292 e. The number of sulfone groups is 1. The standard InChI is InChI=1S/C20H13Cl2F3N4O2S/c21-15-6-2-8-18(19(15)22)29-17(9-10-26-29)16-7-3-11-28(27-16)13-4-1-5-14(12-13)32(30,31)20(23,24)25/h1-12,27H. The summed E-state index contributed by atoms with van der Waals surface area (Å²) >= 11 is 12.4. The van der Waals surface area contributed by atoms with E-state index in [0.29, 0.717) is 27.1 Å². The number of benzene rings is 2. The third-order valence-electron chi connectivity index (χ3n) is 4.53. The number of allylic oxidation sites excluding steroid dienone is 2. The molecule has 2 heterocycles. The van der Waals surface area contributed by atoms with Crippen LogP contribution in [0.2, 0.25) is 10.0 Å². The normalized spacial score (nSPS) is 14.3. The number of hydrogen-bond donors (Lipinski definition) is 1. The molecule has 0 amide bonds. The maximum Gasteiger partial charge on any atom is 0.501 e. The van der Waals surface area contributed by atoms with Crippen LogP contribution in [0.1, 0.15) is 5.69 Å². The molecule has 0 saturated heterocycles. The van der Waals surface area contributed by atoms with E-state index < -0.39 is 20.2 Å². The smallest absolute Gasteiger partial charge is 0.292 e. The number of anilines is 1. The Morgan fingerprint density at radius 1 is 1.03 bits per heavy atom. The van der Waals surface area contributed by atoms with E-state index in [-0.39, 0.29) is 5.69 Å². The van der Waals surface area contributed by atoms with Gasteiger partial charge in [-0.3, -0.25) is 10.4 Å². The van der Waals surface area contributed by atoms with E-state index in [1.807, 2.05) is 0 Å². The van der Waals surface area contributed by atoms with Gasteiger partial charge in [0.1, 0.15) is 0 Å². The molecule has 3 aromatic rings. The van der Waals surface area contributed by atoms with E-state index >= 15 is 0 Å². The van der Waals surface area contributed by atoms with Crippen molar-refractivity contribution in [3.8, 4) is 5.69 Å². The van der Waals surface area contributed by atoms with E-state index in [4.69, 9.17) is 23.2 Å². The largest absolute Gasteiger partial charge is 0.501 e. The maximum atomic E-state index is 12.9. The molecule has 0 saturated carbocycles. The van der Waals surface area contributed by atoms with Crippen molar-refractivity contribution in [2.24, 2.45) is 0 Å². The summed E-state index contributed by atoms with van der Waals surface area (Å²) < 4.78 is 63.9.